The minimum atomic E-state index is -0.248. The Kier molecular flexibility index (Phi) is 4.80. The van der Waals surface area contributed by atoms with Crippen LogP contribution in [0.5, 0.6) is 0 Å². The van der Waals surface area contributed by atoms with E-state index in [2.05, 4.69) is 23.3 Å². The standard InChI is InChI=1S/C23H23FN2O/c1-15-2-4-16(5-3-15)14-25-23(27)22-13-19-7-6-18(12-21(19)26-22)17-8-10-20(24)11-9-17/h2,6-13,16,26H,3-5,14H2,1H3,(H,25,27). The van der Waals surface area contributed by atoms with Crippen LogP contribution < -0.4 is 5.32 Å². The van der Waals surface area contributed by atoms with E-state index in [1.807, 2.05) is 24.3 Å². The number of fused-ring (bicyclic) bond motifs is 1. The predicted molar refractivity (Wildman–Crippen MR) is 107 cm³/mol. The van der Waals surface area contributed by atoms with Crippen molar-refractivity contribution in [2.24, 2.45) is 5.92 Å². The molecule has 0 radical (unpaired) electrons. The molecule has 1 atom stereocenters. The lowest BCUT2D eigenvalue weighted by Crippen LogP contribution is -2.30. The van der Waals surface area contributed by atoms with Gasteiger partial charge in [0, 0.05) is 17.4 Å². The number of amides is 1. The molecule has 4 rings (SSSR count). The van der Waals surface area contributed by atoms with Gasteiger partial charge in [-0.15, -0.1) is 0 Å². The number of carbonyl (C=O) groups is 1. The highest BCUT2D eigenvalue weighted by atomic mass is 19.1. The Morgan fingerprint density at radius 2 is 1.93 bits per heavy atom. The van der Waals surface area contributed by atoms with Crippen LogP contribution in [-0.4, -0.2) is 17.4 Å². The first kappa shape index (κ1) is 17.5. The van der Waals surface area contributed by atoms with Crippen LogP contribution in [0.25, 0.3) is 22.0 Å². The Labute approximate surface area is 158 Å². The summed E-state index contributed by atoms with van der Waals surface area (Å²) in [5.74, 6) is 0.204. The quantitative estimate of drug-likeness (QED) is 0.596. The summed E-state index contributed by atoms with van der Waals surface area (Å²) >= 11 is 0. The van der Waals surface area contributed by atoms with E-state index in [1.54, 1.807) is 12.1 Å². The molecule has 0 fully saturated rings. The summed E-state index contributed by atoms with van der Waals surface area (Å²) in [6.07, 6.45) is 5.58. The SMILES string of the molecule is CC1=CCC(CNC(=O)c2cc3ccc(-c4ccc(F)cc4)cc3[nH]2)CC1. The number of hydrogen-bond donors (Lipinski definition) is 2. The van der Waals surface area contributed by atoms with Crippen molar-refractivity contribution in [1.29, 1.82) is 0 Å². The maximum Gasteiger partial charge on any atom is 0.267 e. The summed E-state index contributed by atoms with van der Waals surface area (Å²) in [7, 11) is 0. The molecule has 0 aliphatic heterocycles. The molecule has 1 unspecified atom stereocenters. The molecule has 1 aromatic heterocycles. The fraction of sp³-hybridized carbons (Fsp3) is 0.261. The highest BCUT2D eigenvalue weighted by Crippen LogP contribution is 2.25. The van der Waals surface area contributed by atoms with E-state index < -0.39 is 0 Å². The minimum absolute atomic E-state index is 0.0687. The zero-order valence-corrected chi connectivity index (χ0v) is 15.4. The molecule has 0 saturated carbocycles. The Bertz CT molecular complexity index is 1000. The number of aromatic amines is 1. The maximum absolute atomic E-state index is 13.1. The molecule has 3 nitrogen and oxygen atoms in total. The van der Waals surface area contributed by atoms with Gasteiger partial charge in [-0.3, -0.25) is 4.79 Å². The van der Waals surface area contributed by atoms with Gasteiger partial charge in [0.2, 0.25) is 0 Å². The zero-order chi connectivity index (χ0) is 18.8. The number of rotatable bonds is 4. The Balaban J connectivity index is 1.48. The lowest BCUT2D eigenvalue weighted by molar-refractivity contribution is 0.0942. The number of benzene rings is 2. The van der Waals surface area contributed by atoms with Crippen LogP contribution >= 0.6 is 0 Å². The molecule has 2 aromatic carbocycles. The highest BCUT2D eigenvalue weighted by molar-refractivity contribution is 5.98. The van der Waals surface area contributed by atoms with Gasteiger partial charge in [-0.2, -0.15) is 0 Å². The molecule has 1 heterocycles. The van der Waals surface area contributed by atoms with Crippen LogP contribution in [0.4, 0.5) is 4.39 Å². The second-order valence-electron chi connectivity index (χ2n) is 7.39. The van der Waals surface area contributed by atoms with Gasteiger partial charge in [0.05, 0.1) is 0 Å². The summed E-state index contributed by atoms with van der Waals surface area (Å²) in [6.45, 7) is 2.87. The van der Waals surface area contributed by atoms with E-state index in [0.29, 0.717) is 18.2 Å². The second kappa shape index (κ2) is 7.39. The van der Waals surface area contributed by atoms with Crippen LogP contribution in [0.3, 0.4) is 0 Å². The van der Waals surface area contributed by atoms with Crippen molar-refractivity contribution in [2.75, 3.05) is 6.54 Å². The van der Waals surface area contributed by atoms with Crippen molar-refractivity contribution in [2.45, 2.75) is 26.2 Å². The summed E-state index contributed by atoms with van der Waals surface area (Å²) in [6, 6.07) is 14.3. The third-order valence-electron chi connectivity index (χ3n) is 5.34. The van der Waals surface area contributed by atoms with Gasteiger partial charge in [-0.05, 0) is 67.5 Å². The monoisotopic (exact) mass is 362 g/mol. The van der Waals surface area contributed by atoms with E-state index in [0.717, 1.165) is 41.3 Å². The van der Waals surface area contributed by atoms with E-state index >= 15 is 0 Å². The molecule has 2 N–H and O–H groups in total. The van der Waals surface area contributed by atoms with Crippen LogP contribution in [-0.2, 0) is 0 Å². The number of H-pyrrole nitrogens is 1. The van der Waals surface area contributed by atoms with E-state index in [4.69, 9.17) is 0 Å². The van der Waals surface area contributed by atoms with Crippen LogP contribution in [0.15, 0.2) is 60.2 Å². The van der Waals surface area contributed by atoms with Crippen LogP contribution in [0.1, 0.15) is 36.7 Å². The molecular weight excluding hydrogens is 339 g/mol. The van der Waals surface area contributed by atoms with Gasteiger partial charge >= 0.3 is 0 Å². The Hall–Kier alpha value is -2.88. The van der Waals surface area contributed by atoms with Crippen molar-refractivity contribution < 1.29 is 9.18 Å². The van der Waals surface area contributed by atoms with Gasteiger partial charge in [0.15, 0.2) is 0 Å². The summed E-state index contributed by atoms with van der Waals surface area (Å²) in [5.41, 5.74) is 4.85. The third kappa shape index (κ3) is 3.95. The lowest BCUT2D eigenvalue weighted by Gasteiger charge is -2.20. The van der Waals surface area contributed by atoms with Gasteiger partial charge < -0.3 is 10.3 Å². The average Bonchev–Trinajstić information content (AvgIpc) is 3.11. The normalized spacial score (nSPS) is 17.0. The molecule has 1 amide bonds. The molecule has 4 heteroatoms. The topological polar surface area (TPSA) is 44.9 Å². The van der Waals surface area contributed by atoms with Crippen LogP contribution in [0, 0.1) is 11.7 Å². The van der Waals surface area contributed by atoms with Gasteiger partial charge in [-0.25, -0.2) is 4.39 Å². The first-order valence-electron chi connectivity index (χ1n) is 9.41. The predicted octanol–water partition coefficient (Wildman–Crippen LogP) is 5.45. The minimum Gasteiger partial charge on any atom is -0.351 e. The van der Waals surface area contributed by atoms with Gasteiger partial charge in [0.25, 0.3) is 5.91 Å². The maximum atomic E-state index is 13.1. The third-order valence-corrected chi connectivity index (χ3v) is 5.34. The average molecular weight is 362 g/mol. The number of allylic oxidation sites excluding steroid dienone is 2. The van der Waals surface area contributed by atoms with Gasteiger partial charge in [0.1, 0.15) is 11.5 Å². The highest BCUT2D eigenvalue weighted by Gasteiger charge is 2.15. The molecule has 0 spiro atoms. The number of aromatic nitrogens is 1. The first-order chi connectivity index (χ1) is 13.1. The summed E-state index contributed by atoms with van der Waals surface area (Å²) in [5, 5.41) is 4.04. The number of hydrogen-bond acceptors (Lipinski definition) is 1. The molecular formula is C23H23FN2O. The summed E-state index contributed by atoms with van der Waals surface area (Å²) < 4.78 is 13.1. The number of carbonyl (C=O) groups excluding carboxylic acids is 1. The summed E-state index contributed by atoms with van der Waals surface area (Å²) in [4.78, 5) is 15.7. The molecule has 1 aliphatic carbocycles. The van der Waals surface area contributed by atoms with Crippen molar-refractivity contribution in [3.05, 3.63) is 71.7 Å². The second-order valence-corrected chi connectivity index (χ2v) is 7.39. The molecule has 1 aliphatic rings. The van der Waals surface area contributed by atoms with E-state index in [9.17, 15) is 9.18 Å². The zero-order valence-electron chi connectivity index (χ0n) is 15.4. The fourth-order valence-electron chi connectivity index (χ4n) is 3.61. The molecule has 138 valence electrons. The first-order valence-corrected chi connectivity index (χ1v) is 9.41. The lowest BCUT2D eigenvalue weighted by atomic mass is 9.90. The Morgan fingerprint density at radius 3 is 2.67 bits per heavy atom. The van der Waals surface area contributed by atoms with Crippen LogP contribution in [0.2, 0.25) is 0 Å². The molecule has 27 heavy (non-hydrogen) atoms. The smallest absolute Gasteiger partial charge is 0.267 e. The van der Waals surface area contributed by atoms with Crippen molar-refractivity contribution in [1.82, 2.24) is 10.3 Å². The largest absolute Gasteiger partial charge is 0.351 e. The van der Waals surface area contributed by atoms with Gasteiger partial charge in [-0.1, -0.05) is 35.9 Å². The van der Waals surface area contributed by atoms with E-state index in [-0.39, 0.29) is 11.7 Å². The molecule has 3 aromatic rings. The molecule has 0 bridgehead atoms. The number of nitrogens with one attached hydrogen (secondary N) is 2. The molecule has 0 saturated heterocycles. The van der Waals surface area contributed by atoms with Crippen molar-refractivity contribution in [3.63, 3.8) is 0 Å². The van der Waals surface area contributed by atoms with Crippen molar-refractivity contribution in [3.8, 4) is 11.1 Å². The van der Waals surface area contributed by atoms with E-state index in [1.165, 1.54) is 17.7 Å². The Morgan fingerprint density at radius 1 is 1.15 bits per heavy atom. The van der Waals surface area contributed by atoms with Crippen molar-refractivity contribution >= 4 is 16.8 Å². The number of halogens is 1. The fourth-order valence-corrected chi connectivity index (χ4v) is 3.61.